The zero-order valence-corrected chi connectivity index (χ0v) is 18.4. The molecule has 6 rings (SSSR count). The van der Waals surface area contributed by atoms with Crippen LogP contribution in [0.15, 0.2) is 73.2 Å². The monoisotopic (exact) mass is 451 g/mol. The smallest absolute Gasteiger partial charge is 0.224 e. The highest BCUT2D eigenvalue weighted by molar-refractivity contribution is 5.82. The first-order chi connectivity index (χ1) is 16.7. The molecule has 8 heteroatoms. The first-order valence-corrected chi connectivity index (χ1v) is 11.4. The molecule has 0 bridgehead atoms. The number of pyridine rings is 2. The zero-order chi connectivity index (χ0) is 22.9. The first kappa shape index (κ1) is 20.4. The molecule has 1 aromatic carbocycles. The Kier molecular flexibility index (Phi) is 5.18. The summed E-state index contributed by atoms with van der Waals surface area (Å²) in [7, 11) is 0. The van der Waals surface area contributed by atoms with Gasteiger partial charge in [-0.15, -0.1) is 0 Å². The molecule has 0 radical (unpaired) electrons. The molecule has 1 fully saturated rings. The van der Waals surface area contributed by atoms with Crippen LogP contribution in [0.5, 0.6) is 0 Å². The maximum atomic E-state index is 13.6. The van der Waals surface area contributed by atoms with Crippen molar-refractivity contribution >= 4 is 17.1 Å². The van der Waals surface area contributed by atoms with E-state index in [1.54, 1.807) is 30.7 Å². The third-order valence-corrected chi connectivity index (χ3v) is 6.14. The molecule has 4 heterocycles. The van der Waals surface area contributed by atoms with Gasteiger partial charge in [-0.3, -0.25) is 9.55 Å². The van der Waals surface area contributed by atoms with Gasteiger partial charge >= 0.3 is 0 Å². The molecule has 168 valence electrons. The number of aromatic nitrogens is 6. The fourth-order valence-corrected chi connectivity index (χ4v) is 4.46. The van der Waals surface area contributed by atoms with E-state index in [9.17, 15) is 4.39 Å². The van der Waals surface area contributed by atoms with E-state index >= 15 is 0 Å². The number of halogens is 1. The molecule has 7 nitrogen and oxygen atoms in total. The van der Waals surface area contributed by atoms with Gasteiger partial charge in [-0.05, 0) is 67.4 Å². The number of hydrogen-bond donors (Lipinski definition) is 1. The Labute approximate surface area is 195 Å². The van der Waals surface area contributed by atoms with Crippen LogP contribution < -0.4 is 5.32 Å². The van der Waals surface area contributed by atoms with E-state index < -0.39 is 0 Å². The van der Waals surface area contributed by atoms with Crippen molar-refractivity contribution in [3.8, 4) is 28.5 Å². The van der Waals surface area contributed by atoms with Gasteiger partial charge in [0.2, 0.25) is 5.95 Å². The molecular weight excluding hydrogens is 429 g/mol. The standard InChI is InChI=1S/C26H22FN7/c27-19-9-7-17(8-10-19)25-33-24-22(12-11-21(31-24)18-4-3-14-28-16-18)34(25)23-13-15-29-26(32-23)30-20-5-1-2-6-20/h3-4,7-16,20H,1-2,5-6H2,(H,29,30,32). The topological polar surface area (TPSA) is 81.4 Å². The van der Waals surface area contributed by atoms with Crippen LogP contribution in [0.4, 0.5) is 10.3 Å². The summed E-state index contributed by atoms with van der Waals surface area (Å²) in [6.07, 6.45) is 9.96. The third kappa shape index (κ3) is 3.87. The Bertz CT molecular complexity index is 1440. The Morgan fingerprint density at radius 1 is 0.853 bits per heavy atom. The highest BCUT2D eigenvalue weighted by Gasteiger charge is 2.19. The van der Waals surface area contributed by atoms with Crippen molar-refractivity contribution in [3.05, 3.63) is 79.0 Å². The highest BCUT2D eigenvalue weighted by atomic mass is 19.1. The van der Waals surface area contributed by atoms with E-state index in [0.717, 1.165) is 35.2 Å². The highest BCUT2D eigenvalue weighted by Crippen LogP contribution is 2.30. The molecule has 5 aromatic rings. The normalized spacial score (nSPS) is 14.0. The van der Waals surface area contributed by atoms with Gasteiger partial charge in [0.1, 0.15) is 17.5 Å². The van der Waals surface area contributed by atoms with Gasteiger partial charge in [0.15, 0.2) is 5.65 Å². The summed E-state index contributed by atoms with van der Waals surface area (Å²) in [6.45, 7) is 0. The summed E-state index contributed by atoms with van der Waals surface area (Å²) in [5.74, 6) is 1.61. The second-order valence-electron chi connectivity index (χ2n) is 8.42. The molecule has 4 aromatic heterocycles. The van der Waals surface area contributed by atoms with Crippen LogP contribution in [0.25, 0.3) is 39.6 Å². The summed E-state index contributed by atoms with van der Waals surface area (Å²) >= 11 is 0. The molecule has 34 heavy (non-hydrogen) atoms. The largest absolute Gasteiger partial charge is 0.351 e. The molecule has 1 aliphatic carbocycles. The minimum absolute atomic E-state index is 0.298. The van der Waals surface area contributed by atoms with Gasteiger partial charge in [-0.25, -0.2) is 19.3 Å². The van der Waals surface area contributed by atoms with Gasteiger partial charge < -0.3 is 5.32 Å². The predicted octanol–water partition coefficient (Wildman–Crippen LogP) is 5.43. The third-order valence-electron chi connectivity index (χ3n) is 6.14. The predicted molar refractivity (Wildman–Crippen MR) is 129 cm³/mol. The van der Waals surface area contributed by atoms with E-state index in [0.29, 0.717) is 29.3 Å². The second-order valence-corrected chi connectivity index (χ2v) is 8.42. The lowest BCUT2D eigenvalue weighted by molar-refractivity contribution is 0.628. The number of nitrogens with one attached hydrogen (secondary N) is 1. The summed E-state index contributed by atoms with van der Waals surface area (Å²) < 4.78 is 15.6. The number of hydrogen-bond acceptors (Lipinski definition) is 6. The number of nitrogens with zero attached hydrogens (tertiary/aromatic N) is 6. The van der Waals surface area contributed by atoms with Crippen LogP contribution in [0, 0.1) is 5.82 Å². The van der Waals surface area contributed by atoms with E-state index in [1.807, 2.05) is 34.9 Å². The van der Waals surface area contributed by atoms with Gasteiger partial charge in [0.05, 0.1) is 11.2 Å². The first-order valence-electron chi connectivity index (χ1n) is 11.4. The van der Waals surface area contributed by atoms with E-state index in [1.165, 1.54) is 25.0 Å². The van der Waals surface area contributed by atoms with Crippen LogP contribution in [-0.4, -0.2) is 35.5 Å². The summed E-state index contributed by atoms with van der Waals surface area (Å²) in [6, 6.07) is 16.3. The van der Waals surface area contributed by atoms with E-state index in [-0.39, 0.29) is 5.82 Å². The van der Waals surface area contributed by atoms with Crippen LogP contribution in [0.1, 0.15) is 25.7 Å². The van der Waals surface area contributed by atoms with Crippen molar-refractivity contribution in [3.63, 3.8) is 0 Å². The lowest BCUT2D eigenvalue weighted by atomic mass is 10.2. The number of fused-ring (bicyclic) bond motifs is 1. The molecule has 0 saturated heterocycles. The SMILES string of the molecule is Fc1ccc(-c2nc3nc(-c4cccnc4)ccc3n2-c2ccnc(NC3CCCC3)n2)cc1. The maximum Gasteiger partial charge on any atom is 0.224 e. The summed E-state index contributed by atoms with van der Waals surface area (Å²) in [4.78, 5) is 23.1. The zero-order valence-electron chi connectivity index (χ0n) is 18.4. The Hall–Kier alpha value is -4.20. The van der Waals surface area contributed by atoms with Gasteiger partial charge in [-0.1, -0.05) is 12.8 Å². The minimum Gasteiger partial charge on any atom is -0.351 e. The van der Waals surface area contributed by atoms with Crippen molar-refractivity contribution in [1.29, 1.82) is 0 Å². The molecule has 0 amide bonds. The molecule has 1 saturated carbocycles. The molecule has 1 aliphatic rings. The number of imidazole rings is 1. The minimum atomic E-state index is -0.298. The van der Waals surface area contributed by atoms with Crippen molar-refractivity contribution in [2.24, 2.45) is 0 Å². The van der Waals surface area contributed by atoms with E-state index in [4.69, 9.17) is 15.0 Å². The van der Waals surface area contributed by atoms with Crippen molar-refractivity contribution < 1.29 is 4.39 Å². The lowest BCUT2D eigenvalue weighted by Gasteiger charge is -2.14. The van der Waals surface area contributed by atoms with Gasteiger partial charge in [-0.2, -0.15) is 4.98 Å². The van der Waals surface area contributed by atoms with Crippen LogP contribution in [-0.2, 0) is 0 Å². The Balaban J connectivity index is 1.50. The summed E-state index contributed by atoms with van der Waals surface area (Å²) in [5, 5.41) is 3.46. The molecule has 0 spiro atoms. The fraction of sp³-hybridized carbons (Fsp3) is 0.192. The molecule has 0 atom stereocenters. The molecule has 1 N–H and O–H groups in total. The number of benzene rings is 1. The molecule has 0 unspecified atom stereocenters. The summed E-state index contributed by atoms with van der Waals surface area (Å²) in [5.41, 5.74) is 3.84. The quantitative estimate of drug-likeness (QED) is 0.384. The van der Waals surface area contributed by atoms with Crippen molar-refractivity contribution in [2.45, 2.75) is 31.7 Å². The fourth-order valence-electron chi connectivity index (χ4n) is 4.46. The Morgan fingerprint density at radius 3 is 2.50 bits per heavy atom. The van der Waals surface area contributed by atoms with Crippen LogP contribution in [0.2, 0.25) is 0 Å². The lowest BCUT2D eigenvalue weighted by Crippen LogP contribution is -2.17. The van der Waals surface area contributed by atoms with Crippen LogP contribution in [0.3, 0.4) is 0 Å². The van der Waals surface area contributed by atoms with Crippen molar-refractivity contribution in [1.82, 2.24) is 29.5 Å². The van der Waals surface area contributed by atoms with E-state index in [2.05, 4.69) is 15.3 Å². The van der Waals surface area contributed by atoms with Gasteiger partial charge in [0.25, 0.3) is 0 Å². The second kappa shape index (κ2) is 8.62. The molecular formula is C26H22FN7. The number of anilines is 1. The van der Waals surface area contributed by atoms with Crippen LogP contribution >= 0.6 is 0 Å². The average Bonchev–Trinajstić information content (AvgIpc) is 3.52. The van der Waals surface area contributed by atoms with Crippen molar-refractivity contribution in [2.75, 3.05) is 5.32 Å². The Morgan fingerprint density at radius 2 is 1.71 bits per heavy atom. The molecule has 0 aliphatic heterocycles. The number of rotatable bonds is 5. The van der Waals surface area contributed by atoms with Gasteiger partial charge in [0, 0.05) is 35.8 Å². The average molecular weight is 452 g/mol. The maximum absolute atomic E-state index is 13.6.